The van der Waals surface area contributed by atoms with Gasteiger partial charge in [0.1, 0.15) is 0 Å². The molecule has 110 valence electrons. The van der Waals surface area contributed by atoms with E-state index in [1.807, 2.05) is 0 Å². The van der Waals surface area contributed by atoms with Crippen LogP contribution >= 0.6 is 11.6 Å². The summed E-state index contributed by atoms with van der Waals surface area (Å²) in [6.45, 7) is 1.14. The lowest BCUT2D eigenvalue weighted by Gasteiger charge is -2.32. The summed E-state index contributed by atoms with van der Waals surface area (Å²) in [6.07, 6.45) is -4.63. The Morgan fingerprint density at radius 2 is 2.00 bits per heavy atom. The van der Waals surface area contributed by atoms with E-state index in [1.54, 1.807) is 4.90 Å². The first-order chi connectivity index (χ1) is 9.41. The highest BCUT2D eigenvalue weighted by atomic mass is 35.5. The second kappa shape index (κ2) is 6.01. The highest BCUT2D eigenvalue weighted by Gasteiger charge is 2.31. The van der Waals surface area contributed by atoms with Crippen molar-refractivity contribution < 1.29 is 22.7 Å². The number of alkyl halides is 4. The molecule has 0 bridgehead atoms. The smallest absolute Gasteiger partial charge is 0.373 e. The molecular weight excluding hydrogens is 295 g/mol. The molecule has 1 amide bonds. The topological polar surface area (TPSA) is 29.5 Å². The van der Waals surface area contributed by atoms with Crippen molar-refractivity contribution in [1.82, 2.24) is 4.90 Å². The summed E-state index contributed by atoms with van der Waals surface area (Å²) in [5.41, 5.74) is -0.539. The average molecular weight is 308 g/mol. The van der Waals surface area contributed by atoms with E-state index in [9.17, 15) is 18.0 Å². The molecule has 0 spiro atoms. The van der Waals surface area contributed by atoms with Gasteiger partial charge < -0.3 is 9.64 Å². The van der Waals surface area contributed by atoms with E-state index < -0.39 is 11.7 Å². The van der Waals surface area contributed by atoms with E-state index in [4.69, 9.17) is 16.3 Å². The number of halogens is 4. The Labute approximate surface area is 119 Å². The first kappa shape index (κ1) is 15.1. The van der Waals surface area contributed by atoms with E-state index in [1.165, 1.54) is 12.1 Å². The fourth-order valence-electron chi connectivity index (χ4n) is 1.98. The summed E-state index contributed by atoms with van der Waals surface area (Å²) in [5.74, 6) is -0.0336. The van der Waals surface area contributed by atoms with E-state index in [0.29, 0.717) is 19.7 Å². The Balaban J connectivity index is 2.09. The quantitative estimate of drug-likeness (QED) is 0.786. The van der Waals surface area contributed by atoms with Gasteiger partial charge in [0.25, 0.3) is 5.91 Å². The molecule has 20 heavy (non-hydrogen) atoms. The third kappa shape index (κ3) is 3.43. The minimum absolute atomic E-state index is 0.230. The molecule has 1 atom stereocenters. The number of ether oxygens (including phenoxy) is 1. The highest BCUT2D eigenvalue weighted by Crippen LogP contribution is 2.29. The van der Waals surface area contributed by atoms with Gasteiger partial charge in [-0.05, 0) is 24.3 Å². The van der Waals surface area contributed by atoms with Crippen molar-refractivity contribution in [3.05, 3.63) is 35.4 Å². The average Bonchev–Trinajstić information content (AvgIpc) is 2.46. The fourth-order valence-corrected chi connectivity index (χ4v) is 2.17. The Morgan fingerprint density at radius 3 is 2.55 bits per heavy atom. The summed E-state index contributed by atoms with van der Waals surface area (Å²) in [5, 5.41) is 0. The Morgan fingerprint density at radius 1 is 1.35 bits per heavy atom. The number of carbonyl (C=O) groups is 1. The van der Waals surface area contributed by atoms with Crippen LogP contribution in [0.5, 0.6) is 0 Å². The molecule has 0 N–H and O–H groups in total. The predicted octanol–water partition coefficient (Wildman–Crippen LogP) is 2.79. The van der Waals surface area contributed by atoms with Crippen LogP contribution in [-0.4, -0.2) is 42.5 Å². The van der Waals surface area contributed by atoms with Crippen molar-refractivity contribution in [1.29, 1.82) is 0 Å². The number of carbonyl (C=O) groups excluding carboxylic acids is 1. The summed E-state index contributed by atoms with van der Waals surface area (Å²) in [4.78, 5) is 13.7. The minimum atomic E-state index is -4.40. The van der Waals surface area contributed by atoms with Gasteiger partial charge in [-0.2, -0.15) is 13.2 Å². The standard InChI is InChI=1S/C13H13ClF3NO2/c14-7-11-8-18(5-6-20-11)12(19)9-1-3-10(4-2-9)13(15,16)17/h1-4,11H,5-8H2. The molecule has 3 nitrogen and oxygen atoms in total. The van der Waals surface area contributed by atoms with Crippen LogP contribution in [0.15, 0.2) is 24.3 Å². The van der Waals surface area contributed by atoms with Crippen LogP contribution in [-0.2, 0) is 10.9 Å². The summed E-state index contributed by atoms with van der Waals surface area (Å²) in [7, 11) is 0. The number of nitrogens with zero attached hydrogens (tertiary/aromatic N) is 1. The van der Waals surface area contributed by atoms with Crippen LogP contribution in [0.3, 0.4) is 0 Å². The SMILES string of the molecule is O=C(c1ccc(C(F)(F)F)cc1)N1CCOC(CCl)C1. The number of rotatable bonds is 2. The van der Waals surface area contributed by atoms with Gasteiger partial charge in [0.15, 0.2) is 0 Å². The van der Waals surface area contributed by atoms with Crippen molar-refractivity contribution >= 4 is 17.5 Å². The zero-order valence-corrected chi connectivity index (χ0v) is 11.2. The van der Waals surface area contributed by atoms with Gasteiger partial charge in [-0.1, -0.05) is 0 Å². The normalized spacial score (nSPS) is 20.0. The monoisotopic (exact) mass is 307 g/mol. The van der Waals surface area contributed by atoms with Crippen LogP contribution in [0, 0.1) is 0 Å². The molecule has 0 aromatic heterocycles. The molecule has 2 rings (SSSR count). The fraction of sp³-hybridized carbons (Fsp3) is 0.462. The molecule has 1 aliphatic heterocycles. The van der Waals surface area contributed by atoms with Crippen molar-refractivity contribution in [3.63, 3.8) is 0 Å². The zero-order valence-electron chi connectivity index (χ0n) is 10.5. The van der Waals surface area contributed by atoms with Gasteiger partial charge in [-0.25, -0.2) is 0 Å². The number of benzene rings is 1. The Hall–Kier alpha value is -1.27. The van der Waals surface area contributed by atoms with Crippen LogP contribution in [0.25, 0.3) is 0 Å². The summed E-state index contributed by atoms with van der Waals surface area (Å²) in [6, 6.07) is 4.20. The third-order valence-corrected chi connectivity index (χ3v) is 3.40. The second-order valence-corrected chi connectivity index (χ2v) is 4.78. The molecule has 1 unspecified atom stereocenters. The zero-order chi connectivity index (χ0) is 14.8. The summed E-state index contributed by atoms with van der Waals surface area (Å²) >= 11 is 5.68. The number of amides is 1. The van der Waals surface area contributed by atoms with Crippen LogP contribution < -0.4 is 0 Å². The highest BCUT2D eigenvalue weighted by molar-refractivity contribution is 6.18. The van der Waals surface area contributed by atoms with E-state index >= 15 is 0 Å². The van der Waals surface area contributed by atoms with Crippen LogP contribution in [0.1, 0.15) is 15.9 Å². The molecule has 1 heterocycles. The molecule has 1 aromatic rings. The number of morpholine rings is 1. The Bertz CT molecular complexity index is 475. The first-order valence-electron chi connectivity index (χ1n) is 6.06. The van der Waals surface area contributed by atoms with Crippen LogP contribution in [0.4, 0.5) is 13.2 Å². The lowest BCUT2D eigenvalue weighted by molar-refractivity contribution is -0.137. The van der Waals surface area contributed by atoms with Gasteiger partial charge in [0.2, 0.25) is 0 Å². The molecule has 1 fully saturated rings. The predicted molar refractivity (Wildman–Crippen MR) is 67.8 cm³/mol. The Kier molecular flexibility index (Phi) is 4.55. The molecule has 1 aliphatic rings. The van der Waals surface area contributed by atoms with Gasteiger partial charge >= 0.3 is 6.18 Å². The van der Waals surface area contributed by atoms with Gasteiger partial charge in [-0.3, -0.25) is 4.79 Å². The minimum Gasteiger partial charge on any atom is -0.373 e. The largest absolute Gasteiger partial charge is 0.416 e. The molecule has 1 saturated heterocycles. The van der Waals surface area contributed by atoms with Crippen molar-refractivity contribution in [2.75, 3.05) is 25.6 Å². The van der Waals surface area contributed by atoms with Crippen LogP contribution in [0.2, 0.25) is 0 Å². The van der Waals surface area contributed by atoms with Gasteiger partial charge in [0, 0.05) is 18.7 Å². The molecule has 1 aromatic carbocycles. The maximum atomic E-state index is 12.4. The van der Waals surface area contributed by atoms with Gasteiger partial charge in [0.05, 0.1) is 24.2 Å². The molecule has 0 aliphatic carbocycles. The summed E-state index contributed by atoms with van der Waals surface area (Å²) < 4.78 is 42.7. The maximum Gasteiger partial charge on any atom is 0.416 e. The lowest BCUT2D eigenvalue weighted by atomic mass is 10.1. The molecular formula is C13H13ClF3NO2. The van der Waals surface area contributed by atoms with Crippen molar-refractivity contribution in [2.24, 2.45) is 0 Å². The number of hydrogen-bond acceptors (Lipinski definition) is 2. The molecule has 7 heteroatoms. The second-order valence-electron chi connectivity index (χ2n) is 4.47. The van der Waals surface area contributed by atoms with Gasteiger partial charge in [-0.15, -0.1) is 11.6 Å². The van der Waals surface area contributed by atoms with Crippen molar-refractivity contribution in [2.45, 2.75) is 12.3 Å². The first-order valence-corrected chi connectivity index (χ1v) is 6.59. The number of hydrogen-bond donors (Lipinski definition) is 0. The maximum absolute atomic E-state index is 12.4. The van der Waals surface area contributed by atoms with E-state index in [0.717, 1.165) is 12.1 Å². The third-order valence-electron chi connectivity index (χ3n) is 3.06. The van der Waals surface area contributed by atoms with Crippen molar-refractivity contribution in [3.8, 4) is 0 Å². The molecule has 0 saturated carbocycles. The van der Waals surface area contributed by atoms with E-state index in [2.05, 4.69) is 0 Å². The lowest BCUT2D eigenvalue weighted by Crippen LogP contribution is -2.46. The van der Waals surface area contributed by atoms with E-state index in [-0.39, 0.29) is 23.5 Å². The molecule has 0 radical (unpaired) electrons.